The van der Waals surface area contributed by atoms with Gasteiger partial charge in [0, 0.05) is 49.4 Å². The summed E-state index contributed by atoms with van der Waals surface area (Å²) in [4.78, 5) is 29.3. The molecule has 0 unspecified atom stereocenters. The van der Waals surface area contributed by atoms with E-state index in [4.69, 9.17) is 21.1 Å². The lowest BCUT2D eigenvalue weighted by atomic mass is 9.88. The molecule has 1 aliphatic heterocycles. The van der Waals surface area contributed by atoms with E-state index in [1.54, 1.807) is 46.6 Å². The predicted octanol–water partition coefficient (Wildman–Crippen LogP) is 4.42. The summed E-state index contributed by atoms with van der Waals surface area (Å²) in [5.41, 5.74) is 2.43. The number of nitrogens with zero attached hydrogens (tertiary/aromatic N) is 3. The lowest BCUT2D eigenvalue weighted by Crippen LogP contribution is -2.38. The highest BCUT2D eigenvalue weighted by molar-refractivity contribution is 6.31. The Balaban J connectivity index is 1.57. The molecule has 3 aromatic rings. The van der Waals surface area contributed by atoms with Crippen LogP contribution in [-0.4, -0.2) is 67.6 Å². The van der Waals surface area contributed by atoms with Crippen molar-refractivity contribution in [2.24, 2.45) is 0 Å². The molecule has 8 heteroatoms. The number of piperidine rings is 1. The molecule has 180 valence electrons. The maximum Gasteiger partial charge on any atom is 0.256 e. The van der Waals surface area contributed by atoms with Crippen molar-refractivity contribution in [1.82, 2.24) is 14.4 Å². The van der Waals surface area contributed by atoms with E-state index in [-0.39, 0.29) is 24.3 Å². The van der Waals surface area contributed by atoms with Crippen LogP contribution in [-0.2, 0) is 11.3 Å². The van der Waals surface area contributed by atoms with Gasteiger partial charge in [-0.3, -0.25) is 9.59 Å². The second-order valence-electron chi connectivity index (χ2n) is 8.76. The first-order valence-corrected chi connectivity index (χ1v) is 11.7. The van der Waals surface area contributed by atoms with E-state index in [0.29, 0.717) is 23.7 Å². The van der Waals surface area contributed by atoms with Gasteiger partial charge in [-0.15, -0.1) is 0 Å². The summed E-state index contributed by atoms with van der Waals surface area (Å²) < 4.78 is 13.0. The normalized spacial score (nSPS) is 14.3. The number of halogens is 1. The first kappa shape index (κ1) is 24.0. The van der Waals surface area contributed by atoms with Gasteiger partial charge in [0.05, 0.1) is 25.3 Å². The molecular formula is C26H30ClN3O4. The minimum atomic E-state index is -0.0533. The third-order valence-electron chi connectivity index (χ3n) is 6.54. The van der Waals surface area contributed by atoms with Crippen molar-refractivity contribution in [1.29, 1.82) is 0 Å². The second kappa shape index (κ2) is 9.97. The highest BCUT2D eigenvalue weighted by Gasteiger charge is 2.30. The lowest BCUT2D eigenvalue weighted by Gasteiger charge is -2.33. The third kappa shape index (κ3) is 4.57. The van der Waals surface area contributed by atoms with Crippen LogP contribution in [0.3, 0.4) is 0 Å². The molecule has 4 rings (SSSR count). The average molecular weight is 484 g/mol. The number of carbonyl (C=O) groups is 2. The smallest absolute Gasteiger partial charge is 0.256 e. The second-order valence-corrected chi connectivity index (χ2v) is 9.20. The molecule has 7 nitrogen and oxygen atoms in total. The van der Waals surface area contributed by atoms with Gasteiger partial charge in [0.1, 0.15) is 18.0 Å². The molecule has 34 heavy (non-hydrogen) atoms. The Morgan fingerprint density at radius 3 is 2.29 bits per heavy atom. The number of methoxy groups -OCH3 is 2. The van der Waals surface area contributed by atoms with Crippen molar-refractivity contribution in [3.8, 4) is 11.5 Å². The average Bonchev–Trinajstić information content (AvgIpc) is 3.20. The van der Waals surface area contributed by atoms with Gasteiger partial charge in [0.2, 0.25) is 5.91 Å². The summed E-state index contributed by atoms with van der Waals surface area (Å²) in [6, 6.07) is 11.3. The Labute approximate surface area is 204 Å². The van der Waals surface area contributed by atoms with Crippen LogP contribution in [0.25, 0.3) is 10.9 Å². The summed E-state index contributed by atoms with van der Waals surface area (Å²) in [5.74, 6) is 1.79. The Morgan fingerprint density at radius 1 is 1.06 bits per heavy atom. The highest BCUT2D eigenvalue weighted by Crippen LogP contribution is 2.40. The van der Waals surface area contributed by atoms with Crippen molar-refractivity contribution >= 4 is 34.3 Å². The number of amides is 2. The molecule has 0 N–H and O–H groups in total. The molecular weight excluding hydrogens is 454 g/mol. The van der Waals surface area contributed by atoms with Crippen LogP contribution >= 0.6 is 11.6 Å². The zero-order chi connectivity index (χ0) is 24.4. The minimum absolute atomic E-state index is 0.0335. The molecule has 0 atom stereocenters. The molecule has 1 saturated heterocycles. The Hall–Kier alpha value is -3.19. The van der Waals surface area contributed by atoms with Crippen molar-refractivity contribution in [3.63, 3.8) is 0 Å². The van der Waals surface area contributed by atoms with Crippen LogP contribution < -0.4 is 9.47 Å². The van der Waals surface area contributed by atoms with Crippen LogP contribution in [0.4, 0.5) is 0 Å². The van der Waals surface area contributed by atoms with Crippen LogP contribution in [0.1, 0.15) is 34.7 Å². The molecule has 0 radical (unpaired) electrons. The van der Waals surface area contributed by atoms with Gasteiger partial charge in [-0.05, 0) is 43.0 Å². The molecule has 1 aliphatic rings. The molecule has 2 aromatic carbocycles. The first-order valence-electron chi connectivity index (χ1n) is 11.3. The van der Waals surface area contributed by atoms with E-state index < -0.39 is 0 Å². The molecule has 0 saturated carbocycles. The van der Waals surface area contributed by atoms with Gasteiger partial charge in [-0.2, -0.15) is 0 Å². The van der Waals surface area contributed by atoms with Crippen molar-refractivity contribution in [2.45, 2.75) is 25.3 Å². The molecule has 1 fully saturated rings. The lowest BCUT2D eigenvalue weighted by molar-refractivity contribution is -0.129. The number of likely N-dealkylation sites (tertiary alicyclic amines) is 1. The number of ether oxygens (including phenoxy) is 2. The van der Waals surface area contributed by atoms with Crippen LogP contribution in [0.5, 0.6) is 11.5 Å². The number of hydrogen-bond donors (Lipinski definition) is 0. The summed E-state index contributed by atoms with van der Waals surface area (Å²) >= 11 is 6.23. The van der Waals surface area contributed by atoms with Gasteiger partial charge in [0.25, 0.3) is 5.91 Å². The molecule has 0 aliphatic carbocycles. The van der Waals surface area contributed by atoms with Crippen molar-refractivity contribution in [3.05, 3.63) is 58.7 Å². The summed E-state index contributed by atoms with van der Waals surface area (Å²) in [7, 11) is 6.77. The van der Waals surface area contributed by atoms with Crippen molar-refractivity contribution in [2.75, 3.05) is 41.4 Å². The van der Waals surface area contributed by atoms with Crippen LogP contribution in [0, 0.1) is 0 Å². The summed E-state index contributed by atoms with van der Waals surface area (Å²) in [6.45, 7) is 1.40. The van der Waals surface area contributed by atoms with Crippen LogP contribution in [0.2, 0.25) is 5.02 Å². The standard InChI is InChI=1S/C26H30ClN3O4/c1-28(2)24(31)16-30-15-20(19-9-8-18(27)14-21(19)30)26(32)29-12-10-17(11-13-29)25-22(33-3)6-5-7-23(25)34-4/h5-9,14-15,17H,10-13,16H2,1-4H3. The molecule has 2 amide bonds. The fourth-order valence-electron chi connectivity index (χ4n) is 4.68. The Morgan fingerprint density at radius 2 is 1.71 bits per heavy atom. The van der Waals surface area contributed by atoms with Gasteiger partial charge in [0.15, 0.2) is 0 Å². The van der Waals surface area contributed by atoms with E-state index in [1.165, 1.54) is 4.90 Å². The monoisotopic (exact) mass is 483 g/mol. The van der Waals surface area contributed by atoms with Crippen LogP contribution in [0.15, 0.2) is 42.6 Å². The fourth-order valence-corrected chi connectivity index (χ4v) is 4.84. The van der Waals surface area contributed by atoms with E-state index in [1.807, 2.05) is 33.7 Å². The first-order chi connectivity index (χ1) is 16.3. The zero-order valence-corrected chi connectivity index (χ0v) is 20.8. The Kier molecular flexibility index (Phi) is 7.03. The van der Waals surface area contributed by atoms with Gasteiger partial charge in [-0.25, -0.2) is 0 Å². The highest BCUT2D eigenvalue weighted by atomic mass is 35.5. The largest absolute Gasteiger partial charge is 0.496 e. The molecule has 0 bridgehead atoms. The third-order valence-corrected chi connectivity index (χ3v) is 6.77. The molecule has 1 aromatic heterocycles. The topological polar surface area (TPSA) is 64.0 Å². The van der Waals surface area contributed by atoms with Gasteiger partial charge >= 0.3 is 0 Å². The van der Waals surface area contributed by atoms with Crippen molar-refractivity contribution < 1.29 is 19.1 Å². The maximum atomic E-state index is 13.6. The summed E-state index contributed by atoms with van der Waals surface area (Å²) in [6.07, 6.45) is 3.40. The number of aromatic nitrogens is 1. The van der Waals surface area contributed by atoms with E-state index in [9.17, 15) is 9.59 Å². The predicted molar refractivity (Wildman–Crippen MR) is 133 cm³/mol. The minimum Gasteiger partial charge on any atom is -0.496 e. The van der Waals surface area contributed by atoms with Gasteiger partial charge in [-0.1, -0.05) is 23.7 Å². The number of rotatable bonds is 6. The number of likely N-dealkylation sites (N-methyl/N-ethyl adjacent to an activating group) is 1. The van der Waals surface area contributed by atoms with E-state index >= 15 is 0 Å². The summed E-state index contributed by atoms with van der Waals surface area (Å²) in [5, 5.41) is 1.36. The fraction of sp³-hybridized carbons (Fsp3) is 0.385. The zero-order valence-electron chi connectivity index (χ0n) is 20.0. The maximum absolute atomic E-state index is 13.6. The Bertz CT molecular complexity index is 1190. The van der Waals surface area contributed by atoms with Gasteiger partial charge < -0.3 is 23.8 Å². The quantitative estimate of drug-likeness (QED) is 0.520. The SMILES string of the molecule is COc1cccc(OC)c1C1CCN(C(=O)c2cn(CC(=O)N(C)C)c3cc(Cl)ccc23)CC1. The molecule has 0 spiro atoms. The number of benzene rings is 2. The van der Waals surface area contributed by atoms with E-state index in [2.05, 4.69) is 0 Å². The molecule has 2 heterocycles. The number of hydrogen-bond acceptors (Lipinski definition) is 4. The number of carbonyl (C=O) groups excluding carboxylic acids is 2. The van der Waals surface area contributed by atoms with E-state index in [0.717, 1.165) is 40.8 Å². The number of fused-ring (bicyclic) bond motifs is 1.